The number of nitrogens with two attached hydrogens (primary N) is 1. The number of anilines is 2. The lowest BCUT2D eigenvalue weighted by atomic mass is 10.2. The summed E-state index contributed by atoms with van der Waals surface area (Å²) in [6.45, 7) is 0.804. The quantitative estimate of drug-likeness (QED) is 0.594. The molecule has 0 bridgehead atoms. The highest BCUT2D eigenvalue weighted by atomic mass is 32.2. The molecule has 1 aromatic carbocycles. The first kappa shape index (κ1) is 15.2. The average molecular weight is 288 g/mol. The molecule has 0 aliphatic rings. The number of nitrogen functional groups attached to an aromatic ring is 1. The molecule has 0 saturated heterocycles. The number of unbranched alkanes of at least 4 members (excludes halogenated alkanes) is 1. The molecule has 0 spiro atoms. The molecule has 18 heavy (non-hydrogen) atoms. The standard InChI is InChI=1S/C12H20N2O2S2/c1-17-9-4-3-8-14-10-6-5-7-11(12(10)13)18(2,15)16/h5-7,14H,3-4,8-9,13H2,1-2H3. The van der Waals surface area contributed by atoms with Gasteiger partial charge >= 0.3 is 0 Å². The first-order chi connectivity index (χ1) is 8.46. The van der Waals surface area contributed by atoms with Gasteiger partial charge in [-0.05, 0) is 37.0 Å². The lowest BCUT2D eigenvalue weighted by Crippen LogP contribution is -2.08. The summed E-state index contributed by atoms with van der Waals surface area (Å²) >= 11 is 1.83. The molecule has 0 heterocycles. The van der Waals surface area contributed by atoms with Crippen LogP contribution in [0.3, 0.4) is 0 Å². The Labute approximate surface area is 113 Å². The molecule has 0 aliphatic heterocycles. The van der Waals surface area contributed by atoms with E-state index in [2.05, 4.69) is 11.6 Å². The van der Waals surface area contributed by atoms with E-state index in [0.29, 0.717) is 11.4 Å². The fraction of sp³-hybridized carbons (Fsp3) is 0.500. The average Bonchev–Trinajstić information content (AvgIpc) is 2.29. The van der Waals surface area contributed by atoms with E-state index in [4.69, 9.17) is 5.73 Å². The van der Waals surface area contributed by atoms with Crippen molar-refractivity contribution in [3.63, 3.8) is 0 Å². The van der Waals surface area contributed by atoms with E-state index >= 15 is 0 Å². The van der Waals surface area contributed by atoms with E-state index in [1.54, 1.807) is 12.1 Å². The maximum atomic E-state index is 11.5. The highest BCUT2D eigenvalue weighted by molar-refractivity contribution is 7.98. The minimum Gasteiger partial charge on any atom is -0.396 e. The second-order valence-corrected chi connectivity index (χ2v) is 7.09. The molecule has 0 amide bonds. The van der Waals surface area contributed by atoms with Crippen LogP contribution in [0.1, 0.15) is 12.8 Å². The first-order valence-electron chi connectivity index (χ1n) is 5.78. The molecule has 0 radical (unpaired) electrons. The monoisotopic (exact) mass is 288 g/mol. The molecule has 0 atom stereocenters. The zero-order valence-corrected chi connectivity index (χ0v) is 12.4. The highest BCUT2D eigenvalue weighted by Gasteiger charge is 2.13. The van der Waals surface area contributed by atoms with E-state index < -0.39 is 9.84 Å². The summed E-state index contributed by atoms with van der Waals surface area (Å²) in [6.07, 6.45) is 5.44. The van der Waals surface area contributed by atoms with Crippen LogP contribution in [0.4, 0.5) is 11.4 Å². The third kappa shape index (κ3) is 4.42. The van der Waals surface area contributed by atoms with Crippen molar-refractivity contribution in [3.8, 4) is 0 Å². The van der Waals surface area contributed by atoms with Crippen molar-refractivity contribution in [1.29, 1.82) is 0 Å². The molecule has 4 nitrogen and oxygen atoms in total. The fourth-order valence-corrected chi connectivity index (χ4v) is 2.94. The van der Waals surface area contributed by atoms with Crippen LogP contribution in [0.15, 0.2) is 23.1 Å². The van der Waals surface area contributed by atoms with Gasteiger partial charge in [0.1, 0.15) is 0 Å². The molecule has 0 aromatic heterocycles. The molecule has 3 N–H and O–H groups in total. The SMILES string of the molecule is CSCCCCNc1cccc(S(C)(=O)=O)c1N. The summed E-state index contributed by atoms with van der Waals surface area (Å²) in [7, 11) is -3.26. The maximum absolute atomic E-state index is 11.5. The second kappa shape index (κ2) is 6.89. The van der Waals surface area contributed by atoms with Gasteiger partial charge in [-0.15, -0.1) is 0 Å². The third-order valence-electron chi connectivity index (χ3n) is 2.56. The number of nitrogens with one attached hydrogen (secondary N) is 1. The van der Waals surface area contributed by atoms with Gasteiger partial charge in [0.2, 0.25) is 0 Å². The van der Waals surface area contributed by atoms with E-state index in [0.717, 1.165) is 25.1 Å². The Bertz CT molecular complexity index is 487. The lowest BCUT2D eigenvalue weighted by molar-refractivity contribution is 0.602. The second-order valence-electron chi connectivity index (χ2n) is 4.12. The van der Waals surface area contributed by atoms with Crippen molar-refractivity contribution in [3.05, 3.63) is 18.2 Å². The van der Waals surface area contributed by atoms with Gasteiger partial charge in [-0.3, -0.25) is 0 Å². The summed E-state index contributed by atoms with van der Waals surface area (Å²) in [4.78, 5) is 0.191. The van der Waals surface area contributed by atoms with Gasteiger partial charge in [0.05, 0.1) is 16.3 Å². The number of hydrogen-bond donors (Lipinski definition) is 2. The number of rotatable bonds is 7. The Morgan fingerprint density at radius 1 is 1.33 bits per heavy atom. The van der Waals surface area contributed by atoms with Gasteiger partial charge in [0.25, 0.3) is 0 Å². The molecule has 1 rings (SSSR count). The highest BCUT2D eigenvalue weighted by Crippen LogP contribution is 2.26. The summed E-state index contributed by atoms with van der Waals surface area (Å²) in [5.74, 6) is 1.14. The van der Waals surface area contributed by atoms with E-state index in [1.807, 2.05) is 11.8 Å². The number of hydrogen-bond acceptors (Lipinski definition) is 5. The van der Waals surface area contributed by atoms with Crippen LogP contribution in [-0.4, -0.2) is 33.2 Å². The molecule has 0 aliphatic carbocycles. The Balaban J connectivity index is 2.67. The summed E-state index contributed by atoms with van der Waals surface area (Å²) < 4.78 is 23.0. The largest absolute Gasteiger partial charge is 0.396 e. The van der Waals surface area contributed by atoms with Crippen molar-refractivity contribution in [2.24, 2.45) is 0 Å². The van der Waals surface area contributed by atoms with Gasteiger partial charge in [0, 0.05) is 12.8 Å². The van der Waals surface area contributed by atoms with Crippen molar-refractivity contribution >= 4 is 33.0 Å². The zero-order valence-electron chi connectivity index (χ0n) is 10.8. The molecule has 102 valence electrons. The third-order valence-corrected chi connectivity index (χ3v) is 4.41. The minimum absolute atomic E-state index is 0.191. The smallest absolute Gasteiger partial charge is 0.177 e. The maximum Gasteiger partial charge on any atom is 0.177 e. The number of sulfone groups is 1. The zero-order chi connectivity index (χ0) is 13.6. The van der Waals surface area contributed by atoms with Crippen molar-refractivity contribution in [2.45, 2.75) is 17.7 Å². The van der Waals surface area contributed by atoms with Crippen LogP contribution in [-0.2, 0) is 9.84 Å². The minimum atomic E-state index is -3.26. The van der Waals surface area contributed by atoms with Gasteiger partial charge in [0.15, 0.2) is 9.84 Å². The Hall–Kier alpha value is -0.880. The molecule has 0 fully saturated rings. The molecule has 0 saturated carbocycles. The predicted molar refractivity (Wildman–Crippen MR) is 80.1 cm³/mol. The first-order valence-corrected chi connectivity index (χ1v) is 9.06. The van der Waals surface area contributed by atoms with Crippen molar-refractivity contribution < 1.29 is 8.42 Å². The number of para-hydroxylation sites is 1. The van der Waals surface area contributed by atoms with Gasteiger partial charge in [-0.1, -0.05) is 6.07 Å². The summed E-state index contributed by atoms with van der Waals surface area (Å²) in [5.41, 5.74) is 6.87. The molecular weight excluding hydrogens is 268 g/mol. The van der Waals surface area contributed by atoms with Crippen LogP contribution in [0.25, 0.3) is 0 Å². The molecule has 0 unspecified atom stereocenters. The predicted octanol–water partition coefficient (Wildman–Crippen LogP) is 2.23. The Morgan fingerprint density at radius 3 is 2.67 bits per heavy atom. The van der Waals surface area contributed by atoms with Crippen LogP contribution < -0.4 is 11.1 Å². The lowest BCUT2D eigenvalue weighted by Gasteiger charge is -2.11. The van der Waals surface area contributed by atoms with Gasteiger partial charge in [-0.2, -0.15) is 11.8 Å². The van der Waals surface area contributed by atoms with E-state index in [1.165, 1.54) is 12.3 Å². The normalized spacial score (nSPS) is 11.4. The number of benzene rings is 1. The van der Waals surface area contributed by atoms with Crippen molar-refractivity contribution in [2.75, 3.05) is 35.9 Å². The van der Waals surface area contributed by atoms with E-state index in [9.17, 15) is 8.42 Å². The number of thioether (sulfide) groups is 1. The summed E-state index contributed by atoms with van der Waals surface area (Å²) in [5, 5.41) is 3.19. The van der Waals surface area contributed by atoms with E-state index in [-0.39, 0.29) is 4.90 Å². The van der Waals surface area contributed by atoms with Crippen LogP contribution in [0.5, 0.6) is 0 Å². The molecule has 1 aromatic rings. The van der Waals surface area contributed by atoms with Crippen LogP contribution in [0, 0.1) is 0 Å². The van der Waals surface area contributed by atoms with Crippen LogP contribution >= 0.6 is 11.8 Å². The molecular formula is C12H20N2O2S2. The van der Waals surface area contributed by atoms with Crippen LogP contribution in [0.2, 0.25) is 0 Å². The Morgan fingerprint density at radius 2 is 2.06 bits per heavy atom. The van der Waals surface area contributed by atoms with Gasteiger partial charge < -0.3 is 11.1 Å². The molecule has 6 heteroatoms. The Kier molecular flexibility index (Phi) is 5.81. The topological polar surface area (TPSA) is 72.2 Å². The van der Waals surface area contributed by atoms with Crippen molar-refractivity contribution in [1.82, 2.24) is 0 Å². The summed E-state index contributed by atoms with van der Waals surface area (Å²) in [6, 6.07) is 5.04. The fourth-order valence-electron chi connectivity index (χ4n) is 1.62. The van der Waals surface area contributed by atoms with Gasteiger partial charge in [-0.25, -0.2) is 8.42 Å².